The molecule has 0 aliphatic rings. The van der Waals surface area contributed by atoms with Gasteiger partial charge in [0.05, 0.1) is 0 Å². The zero-order chi connectivity index (χ0) is 12.1. The minimum atomic E-state index is -0.263. The third-order valence-corrected chi connectivity index (χ3v) is 2.33. The maximum absolute atomic E-state index is 11.6. The summed E-state index contributed by atoms with van der Waals surface area (Å²) >= 11 is 0. The molecule has 0 rings (SSSR count). The van der Waals surface area contributed by atoms with Gasteiger partial charge in [-0.05, 0) is 12.3 Å². The SMILES string of the molecule is CC(C)CC(=O)CCCC(=O)C(C)(C)C. The predicted molar refractivity (Wildman–Crippen MR) is 62.8 cm³/mol. The van der Waals surface area contributed by atoms with Crippen LogP contribution in [0.5, 0.6) is 0 Å². The zero-order valence-electron chi connectivity index (χ0n) is 10.7. The van der Waals surface area contributed by atoms with Gasteiger partial charge in [0.15, 0.2) is 0 Å². The molecule has 0 saturated heterocycles. The van der Waals surface area contributed by atoms with Crippen LogP contribution in [0.2, 0.25) is 0 Å². The third kappa shape index (κ3) is 7.29. The Morgan fingerprint density at radius 3 is 2.00 bits per heavy atom. The lowest BCUT2D eigenvalue weighted by atomic mass is 9.87. The molecule has 0 bridgehead atoms. The van der Waals surface area contributed by atoms with Crippen molar-refractivity contribution in [1.82, 2.24) is 0 Å². The predicted octanol–water partition coefficient (Wildman–Crippen LogP) is 3.39. The number of hydrogen-bond acceptors (Lipinski definition) is 2. The van der Waals surface area contributed by atoms with Crippen molar-refractivity contribution in [3.63, 3.8) is 0 Å². The molecule has 0 spiro atoms. The van der Waals surface area contributed by atoms with Gasteiger partial charge in [-0.2, -0.15) is 0 Å². The highest BCUT2D eigenvalue weighted by molar-refractivity contribution is 5.84. The molecule has 0 aromatic heterocycles. The summed E-state index contributed by atoms with van der Waals surface area (Å²) in [5, 5.41) is 0. The molecule has 0 aromatic carbocycles. The van der Waals surface area contributed by atoms with Crippen molar-refractivity contribution < 1.29 is 9.59 Å². The maximum atomic E-state index is 11.6. The van der Waals surface area contributed by atoms with E-state index in [1.165, 1.54) is 0 Å². The Morgan fingerprint density at radius 2 is 1.60 bits per heavy atom. The smallest absolute Gasteiger partial charge is 0.138 e. The summed E-state index contributed by atoms with van der Waals surface area (Å²) in [4.78, 5) is 22.9. The van der Waals surface area contributed by atoms with Crippen LogP contribution in [-0.4, -0.2) is 11.6 Å². The van der Waals surface area contributed by atoms with Gasteiger partial charge in [-0.3, -0.25) is 9.59 Å². The largest absolute Gasteiger partial charge is 0.300 e. The Morgan fingerprint density at radius 1 is 1.07 bits per heavy atom. The Bertz CT molecular complexity index is 221. The molecular weight excluding hydrogens is 188 g/mol. The lowest BCUT2D eigenvalue weighted by Crippen LogP contribution is -2.20. The van der Waals surface area contributed by atoms with Crippen molar-refractivity contribution in [3.05, 3.63) is 0 Å². The first-order valence-electron chi connectivity index (χ1n) is 5.78. The molecular formula is C13H24O2. The molecule has 0 radical (unpaired) electrons. The quantitative estimate of drug-likeness (QED) is 0.676. The maximum Gasteiger partial charge on any atom is 0.138 e. The first-order valence-corrected chi connectivity index (χ1v) is 5.78. The van der Waals surface area contributed by atoms with Crippen molar-refractivity contribution >= 4 is 11.6 Å². The highest BCUT2D eigenvalue weighted by Crippen LogP contribution is 2.18. The summed E-state index contributed by atoms with van der Waals surface area (Å²) in [6.45, 7) is 9.85. The van der Waals surface area contributed by atoms with E-state index < -0.39 is 0 Å². The second-order valence-corrected chi connectivity index (χ2v) is 5.66. The molecule has 0 N–H and O–H groups in total. The summed E-state index contributed by atoms with van der Waals surface area (Å²) in [6.07, 6.45) is 2.44. The van der Waals surface area contributed by atoms with Crippen LogP contribution in [0.25, 0.3) is 0 Å². The van der Waals surface area contributed by atoms with Gasteiger partial charge in [-0.1, -0.05) is 34.6 Å². The average Bonchev–Trinajstić information content (AvgIpc) is 2.00. The molecule has 0 aromatic rings. The Hall–Kier alpha value is -0.660. The number of rotatable bonds is 6. The van der Waals surface area contributed by atoms with Crippen LogP contribution in [-0.2, 0) is 9.59 Å². The van der Waals surface area contributed by atoms with E-state index in [1.807, 2.05) is 34.6 Å². The highest BCUT2D eigenvalue weighted by Gasteiger charge is 2.20. The molecule has 88 valence electrons. The standard InChI is InChI=1S/C13H24O2/c1-10(2)9-11(14)7-6-8-12(15)13(3,4)5/h10H,6-9H2,1-5H3. The molecule has 0 unspecified atom stereocenters. The summed E-state index contributed by atoms with van der Waals surface area (Å²) in [7, 11) is 0. The van der Waals surface area contributed by atoms with E-state index in [9.17, 15) is 9.59 Å². The van der Waals surface area contributed by atoms with Crippen molar-refractivity contribution in [3.8, 4) is 0 Å². The Labute approximate surface area is 93.4 Å². The zero-order valence-corrected chi connectivity index (χ0v) is 10.7. The molecule has 0 aliphatic carbocycles. The third-order valence-electron chi connectivity index (χ3n) is 2.33. The van der Waals surface area contributed by atoms with Crippen LogP contribution in [0.4, 0.5) is 0 Å². The summed E-state index contributed by atoms with van der Waals surface area (Å²) in [6, 6.07) is 0. The number of Topliss-reactive ketones (excluding diaryl/α,β-unsaturated/α-hetero) is 2. The number of carbonyl (C=O) groups excluding carboxylic acids is 2. The van der Waals surface area contributed by atoms with E-state index in [0.717, 1.165) is 0 Å². The molecule has 0 fully saturated rings. The van der Waals surface area contributed by atoms with E-state index in [2.05, 4.69) is 0 Å². The van der Waals surface area contributed by atoms with Gasteiger partial charge in [0.1, 0.15) is 11.6 Å². The van der Waals surface area contributed by atoms with Crippen LogP contribution in [0, 0.1) is 11.3 Å². The molecule has 0 heterocycles. The van der Waals surface area contributed by atoms with Crippen LogP contribution in [0.1, 0.15) is 60.3 Å². The van der Waals surface area contributed by atoms with E-state index in [4.69, 9.17) is 0 Å². The topological polar surface area (TPSA) is 34.1 Å². The van der Waals surface area contributed by atoms with Crippen LogP contribution < -0.4 is 0 Å². The summed E-state index contributed by atoms with van der Waals surface area (Å²) in [5.41, 5.74) is -0.263. The molecule has 0 amide bonds. The van der Waals surface area contributed by atoms with Gasteiger partial charge in [0.25, 0.3) is 0 Å². The molecule has 0 atom stereocenters. The van der Waals surface area contributed by atoms with Crippen molar-refractivity contribution in [2.24, 2.45) is 11.3 Å². The first kappa shape index (κ1) is 14.3. The molecule has 15 heavy (non-hydrogen) atoms. The second-order valence-electron chi connectivity index (χ2n) is 5.66. The van der Waals surface area contributed by atoms with Crippen molar-refractivity contribution in [1.29, 1.82) is 0 Å². The van der Waals surface area contributed by atoms with Gasteiger partial charge in [0.2, 0.25) is 0 Å². The molecule has 2 nitrogen and oxygen atoms in total. The Balaban J connectivity index is 3.72. The van der Waals surface area contributed by atoms with Crippen LogP contribution >= 0.6 is 0 Å². The fraction of sp³-hybridized carbons (Fsp3) is 0.846. The lowest BCUT2D eigenvalue weighted by Gasteiger charge is -2.16. The van der Waals surface area contributed by atoms with Crippen LogP contribution in [0.15, 0.2) is 0 Å². The fourth-order valence-corrected chi connectivity index (χ4v) is 1.38. The van der Waals surface area contributed by atoms with Gasteiger partial charge in [0, 0.05) is 24.7 Å². The molecule has 0 saturated carbocycles. The molecule has 2 heteroatoms. The minimum Gasteiger partial charge on any atom is -0.300 e. The number of carbonyl (C=O) groups is 2. The Kier molecular flexibility index (Phi) is 5.77. The van der Waals surface area contributed by atoms with Gasteiger partial charge >= 0.3 is 0 Å². The lowest BCUT2D eigenvalue weighted by molar-refractivity contribution is -0.126. The summed E-state index contributed by atoms with van der Waals surface area (Å²) in [5.74, 6) is 0.961. The highest BCUT2D eigenvalue weighted by atomic mass is 16.1. The van der Waals surface area contributed by atoms with Gasteiger partial charge < -0.3 is 0 Å². The number of ketones is 2. The van der Waals surface area contributed by atoms with E-state index >= 15 is 0 Å². The van der Waals surface area contributed by atoms with Crippen molar-refractivity contribution in [2.75, 3.05) is 0 Å². The second kappa shape index (κ2) is 6.04. The first-order chi connectivity index (χ1) is 6.73. The summed E-state index contributed by atoms with van der Waals surface area (Å²) < 4.78 is 0. The van der Waals surface area contributed by atoms with Crippen molar-refractivity contribution in [2.45, 2.75) is 60.3 Å². The number of hydrogen-bond donors (Lipinski definition) is 0. The normalized spacial score (nSPS) is 11.9. The van der Waals surface area contributed by atoms with Gasteiger partial charge in [-0.15, -0.1) is 0 Å². The fourth-order valence-electron chi connectivity index (χ4n) is 1.38. The van der Waals surface area contributed by atoms with E-state index in [0.29, 0.717) is 31.6 Å². The average molecular weight is 212 g/mol. The monoisotopic (exact) mass is 212 g/mol. The minimum absolute atomic E-state index is 0.250. The van der Waals surface area contributed by atoms with Gasteiger partial charge in [-0.25, -0.2) is 0 Å². The van der Waals surface area contributed by atoms with E-state index in [-0.39, 0.29) is 17.0 Å². The van der Waals surface area contributed by atoms with E-state index in [1.54, 1.807) is 0 Å². The molecule has 0 aliphatic heterocycles. The van der Waals surface area contributed by atoms with Crippen LogP contribution in [0.3, 0.4) is 0 Å².